The fourth-order valence-corrected chi connectivity index (χ4v) is 2.74. The van der Waals surface area contributed by atoms with Gasteiger partial charge in [0.25, 0.3) is 5.91 Å². The molecule has 0 spiro atoms. The normalized spacial score (nSPS) is 12.0. The van der Waals surface area contributed by atoms with Crippen LogP contribution in [0.1, 0.15) is 27.5 Å². The highest BCUT2D eigenvalue weighted by molar-refractivity contribution is 7.97. The van der Waals surface area contributed by atoms with Crippen molar-refractivity contribution in [2.24, 2.45) is 0 Å². The molecule has 2 N–H and O–H groups in total. The number of hydrogen-bond donors (Lipinski definition) is 2. The minimum Gasteiger partial charge on any atom is -0.394 e. The van der Waals surface area contributed by atoms with Crippen LogP contribution in [0.5, 0.6) is 0 Å². The molecule has 1 amide bonds. The smallest absolute Gasteiger partial charge is 0.251 e. The van der Waals surface area contributed by atoms with Crippen molar-refractivity contribution in [3.8, 4) is 0 Å². The number of amides is 1. The van der Waals surface area contributed by atoms with Crippen molar-refractivity contribution in [3.05, 3.63) is 70.2 Å². The average molecular weight is 336 g/mol. The third-order valence-corrected chi connectivity index (χ3v) is 4.16. The van der Waals surface area contributed by atoms with Crippen molar-refractivity contribution in [1.82, 2.24) is 5.32 Å². The molecule has 0 saturated carbocycles. The summed E-state index contributed by atoms with van der Waals surface area (Å²) in [5, 5.41) is 13.0. The van der Waals surface area contributed by atoms with Crippen LogP contribution in [0.25, 0.3) is 0 Å². The number of nitrogens with one attached hydrogen (secondary N) is 1. The van der Waals surface area contributed by atoms with E-state index in [0.29, 0.717) is 10.6 Å². The highest BCUT2D eigenvalue weighted by atomic mass is 35.5. The van der Waals surface area contributed by atoms with Crippen LogP contribution in [0.3, 0.4) is 0 Å². The third-order valence-electron chi connectivity index (χ3n) is 3.29. The van der Waals surface area contributed by atoms with E-state index in [1.807, 2.05) is 18.4 Å². The van der Waals surface area contributed by atoms with Crippen molar-refractivity contribution in [2.45, 2.75) is 11.8 Å². The van der Waals surface area contributed by atoms with E-state index in [1.165, 1.54) is 5.56 Å². The predicted octanol–water partition coefficient (Wildman–Crippen LogP) is 3.67. The molecule has 2 aromatic carbocycles. The van der Waals surface area contributed by atoms with Gasteiger partial charge in [-0.15, -0.1) is 0 Å². The zero-order chi connectivity index (χ0) is 15.9. The first kappa shape index (κ1) is 16.9. The molecule has 22 heavy (non-hydrogen) atoms. The lowest BCUT2D eigenvalue weighted by Crippen LogP contribution is -2.30. The number of aliphatic hydroxyl groups excluding tert-OH is 1. The Morgan fingerprint density at radius 2 is 1.82 bits per heavy atom. The summed E-state index contributed by atoms with van der Waals surface area (Å²) in [4.78, 5) is 12.3. The van der Waals surface area contributed by atoms with Crippen molar-refractivity contribution < 1.29 is 9.90 Å². The summed E-state index contributed by atoms with van der Waals surface area (Å²) in [5.41, 5.74) is 2.58. The Morgan fingerprint density at radius 3 is 2.36 bits per heavy atom. The Balaban J connectivity index is 2.06. The van der Waals surface area contributed by atoms with Crippen LogP contribution in [-0.2, 0) is 5.75 Å². The Labute approximate surface area is 139 Å². The van der Waals surface area contributed by atoms with Crippen molar-refractivity contribution in [2.75, 3.05) is 12.9 Å². The zero-order valence-corrected chi connectivity index (χ0v) is 13.8. The summed E-state index contributed by atoms with van der Waals surface area (Å²) in [5.74, 6) is 0.719. The van der Waals surface area contributed by atoms with E-state index >= 15 is 0 Å². The Kier molecular flexibility index (Phi) is 6.31. The van der Waals surface area contributed by atoms with E-state index in [4.69, 9.17) is 11.6 Å². The molecule has 0 aromatic heterocycles. The first-order chi connectivity index (χ1) is 10.6. The van der Waals surface area contributed by atoms with Gasteiger partial charge >= 0.3 is 0 Å². The molecule has 3 nitrogen and oxygen atoms in total. The summed E-state index contributed by atoms with van der Waals surface area (Å²) >= 11 is 7.59. The molecule has 0 aliphatic carbocycles. The van der Waals surface area contributed by atoms with Gasteiger partial charge in [-0.05, 0) is 41.6 Å². The number of benzene rings is 2. The van der Waals surface area contributed by atoms with Gasteiger partial charge in [-0.3, -0.25) is 4.79 Å². The lowest BCUT2D eigenvalue weighted by atomic mass is 10.1. The number of carbonyl (C=O) groups is 1. The van der Waals surface area contributed by atoms with Gasteiger partial charge < -0.3 is 10.4 Å². The van der Waals surface area contributed by atoms with Gasteiger partial charge in [0, 0.05) is 16.3 Å². The summed E-state index contributed by atoms with van der Waals surface area (Å²) < 4.78 is 0. The third kappa shape index (κ3) is 4.50. The topological polar surface area (TPSA) is 49.3 Å². The van der Waals surface area contributed by atoms with Crippen LogP contribution < -0.4 is 5.32 Å². The van der Waals surface area contributed by atoms with Crippen LogP contribution in [0.15, 0.2) is 48.5 Å². The fraction of sp³-hybridized carbons (Fsp3) is 0.235. The second-order valence-corrected chi connectivity index (χ2v) is 6.19. The van der Waals surface area contributed by atoms with Crippen molar-refractivity contribution in [3.63, 3.8) is 0 Å². The molecule has 1 atom stereocenters. The molecule has 0 fully saturated rings. The largest absolute Gasteiger partial charge is 0.394 e. The molecular weight excluding hydrogens is 318 g/mol. The molecule has 0 aliphatic heterocycles. The summed E-state index contributed by atoms with van der Waals surface area (Å²) in [6.07, 6.45) is 2.04. The monoisotopic (exact) mass is 335 g/mol. The summed E-state index contributed by atoms with van der Waals surface area (Å²) in [6.45, 7) is -0.169. The highest BCUT2D eigenvalue weighted by Gasteiger charge is 2.14. The quantitative estimate of drug-likeness (QED) is 0.847. The molecular formula is C17H18ClNO2S. The highest BCUT2D eigenvalue weighted by Crippen LogP contribution is 2.17. The Bertz CT molecular complexity index is 614. The lowest BCUT2D eigenvalue weighted by Gasteiger charge is -2.17. The first-order valence-electron chi connectivity index (χ1n) is 6.89. The molecule has 0 radical (unpaired) electrons. The van der Waals surface area contributed by atoms with Gasteiger partial charge in [0.15, 0.2) is 0 Å². The Hall–Kier alpha value is -1.49. The second-order valence-electron chi connectivity index (χ2n) is 4.89. The van der Waals surface area contributed by atoms with E-state index in [2.05, 4.69) is 5.32 Å². The molecule has 5 heteroatoms. The SMILES string of the molecule is CSCc1ccc(C(=O)NC(CO)c2ccc(Cl)cc2)cc1. The fourth-order valence-electron chi connectivity index (χ4n) is 2.09. The van der Waals surface area contributed by atoms with Crippen LogP contribution >= 0.6 is 23.4 Å². The minimum absolute atomic E-state index is 0.169. The zero-order valence-electron chi connectivity index (χ0n) is 12.3. The summed E-state index contributed by atoms with van der Waals surface area (Å²) in [7, 11) is 0. The standard InChI is InChI=1S/C17H18ClNO2S/c1-22-11-12-2-4-14(5-3-12)17(21)19-16(10-20)13-6-8-15(18)9-7-13/h2-9,16,20H,10-11H2,1H3,(H,19,21). The number of carbonyl (C=O) groups excluding carboxylic acids is 1. The minimum atomic E-state index is -0.448. The van der Waals surface area contributed by atoms with Gasteiger partial charge in [0.1, 0.15) is 0 Å². The molecule has 0 saturated heterocycles. The van der Waals surface area contributed by atoms with Crippen LogP contribution in [-0.4, -0.2) is 23.9 Å². The van der Waals surface area contributed by atoms with E-state index < -0.39 is 6.04 Å². The number of thioether (sulfide) groups is 1. The maximum absolute atomic E-state index is 12.3. The van der Waals surface area contributed by atoms with Crippen LogP contribution in [0.2, 0.25) is 5.02 Å². The molecule has 1 unspecified atom stereocenters. The maximum atomic E-state index is 12.3. The Morgan fingerprint density at radius 1 is 1.18 bits per heavy atom. The van der Waals surface area contributed by atoms with Gasteiger partial charge in [0.2, 0.25) is 0 Å². The van der Waals surface area contributed by atoms with E-state index in [0.717, 1.165) is 11.3 Å². The van der Waals surface area contributed by atoms with Gasteiger partial charge in [0.05, 0.1) is 12.6 Å². The van der Waals surface area contributed by atoms with E-state index in [9.17, 15) is 9.90 Å². The first-order valence-corrected chi connectivity index (χ1v) is 8.66. The lowest BCUT2D eigenvalue weighted by molar-refractivity contribution is 0.0916. The van der Waals surface area contributed by atoms with Gasteiger partial charge in [-0.25, -0.2) is 0 Å². The number of halogens is 1. The second kappa shape index (κ2) is 8.22. The maximum Gasteiger partial charge on any atom is 0.251 e. The predicted molar refractivity (Wildman–Crippen MR) is 92.4 cm³/mol. The van der Waals surface area contributed by atoms with E-state index in [-0.39, 0.29) is 12.5 Å². The average Bonchev–Trinajstić information content (AvgIpc) is 2.54. The van der Waals surface area contributed by atoms with Crippen LogP contribution in [0, 0.1) is 0 Å². The number of hydrogen-bond acceptors (Lipinski definition) is 3. The van der Waals surface area contributed by atoms with Gasteiger partial charge in [-0.2, -0.15) is 11.8 Å². The molecule has 2 aromatic rings. The molecule has 2 rings (SSSR count). The van der Waals surface area contributed by atoms with Crippen LogP contribution in [0.4, 0.5) is 0 Å². The number of aliphatic hydroxyl groups is 1. The van der Waals surface area contributed by atoms with Crippen molar-refractivity contribution >= 4 is 29.3 Å². The molecule has 0 bridgehead atoms. The van der Waals surface area contributed by atoms with Gasteiger partial charge in [-0.1, -0.05) is 35.9 Å². The summed E-state index contributed by atoms with van der Waals surface area (Å²) in [6, 6.07) is 14.1. The molecule has 0 heterocycles. The molecule has 116 valence electrons. The van der Waals surface area contributed by atoms with E-state index in [1.54, 1.807) is 48.2 Å². The van der Waals surface area contributed by atoms with Crippen molar-refractivity contribution in [1.29, 1.82) is 0 Å². The number of rotatable bonds is 6. The molecule has 0 aliphatic rings.